The largest absolute Gasteiger partial charge is 0.385 e. The zero-order valence-corrected chi connectivity index (χ0v) is 14.2. The zero-order valence-electron chi connectivity index (χ0n) is 13.4. The molecule has 122 valence electrons. The Bertz CT molecular complexity index is 557. The monoisotopic (exact) mass is 325 g/mol. The van der Waals surface area contributed by atoms with Crippen molar-refractivity contribution in [1.82, 2.24) is 24.9 Å². The Kier molecular flexibility index (Phi) is 6.85. The van der Waals surface area contributed by atoms with Gasteiger partial charge in [0.1, 0.15) is 6.33 Å². The molecule has 0 aliphatic rings. The summed E-state index contributed by atoms with van der Waals surface area (Å²) in [5.74, 6) is 1.42. The molecule has 0 bridgehead atoms. The van der Waals surface area contributed by atoms with Crippen LogP contribution in [0, 0.1) is 0 Å². The maximum Gasteiger partial charge on any atom is 0.239 e. The molecule has 0 saturated heterocycles. The Morgan fingerprint density at radius 2 is 2.27 bits per heavy atom. The van der Waals surface area contributed by atoms with Crippen molar-refractivity contribution in [3.63, 3.8) is 0 Å². The van der Waals surface area contributed by atoms with Gasteiger partial charge in [0, 0.05) is 26.7 Å². The highest BCUT2D eigenvalue weighted by molar-refractivity contribution is 7.99. The van der Waals surface area contributed by atoms with E-state index < -0.39 is 0 Å². The molecular weight excluding hydrogens is 302 g/mol. The van der Waals surface area contributed by atoms with Crippen molar-refractivity contribution in [3.8, 4) is 0 Å². The number of aryl methyl sites for hydroxylation is 2. The summed E-state index contributed by atoms with van der Waals surface area (Å²) in [4.78, 5) is 4.46. The lowest BCUT2D eigenvalue weighted by molar-refractivity contribution is 0.189. The molecule has 8 heteroatoms. The van der Waals surface area contributed by atoms with Crippen LogP contribution in [-0.2, 0) is 17.7 Å². The molecule has 2 heterocycles. The second kappa shape index (κ2) is 8.89. The van der Waals surface area contributed by atoms with E-state index in [0.29, 0.717) is 5.89 Å². The fraction of sp³-hybridized carbons (Fsp3) is 0.714. The van der Waals surface area contributed by atoms with Crippen molar-refractivity contribution in [3.05, 3.63) is 18.0 Å². The van der Waals surface area contributed by atoms with Crippen LogP contribution in [0.2, 0.25) is 0 Å². The fourth-order valence-corrected chi connectivity index (χ4v) is 2.83. The molecule has 1 unspecified atom stereocenters. The second-order valence-corrected chi connectivity index (χ2v) is 6.37. The molecule has 0 spiro atoms. The molecule has 22 heavy (non-hydrogen) atoms. The maximum atomic E-state index is 5.35. The van der Waals surface area contributed by atoms with Crippen molar-refractivity contribution in [2.45, 2.75) is 56.5 Å². The lowest BCUT2D eigenvalue weighted by Gasteiger charge is -2.08. The van der Waals surface area contributed by atoms with Crippen molar-refractivity contribution >= 4 is 11.8 Å². The van der Waals surface area contributed by atoms with Gasteiger partial charge >= 0.3 is 0 Å². The molecule has 0 amide bonds. The number of hydrogen-bond donors (Lipinski definition) is 0. The zero-order chi connectivity index (χ0) is 15.8. The minimum atomic E-state index is 0.0493. The molecule has 0 radical (unpaired) electrons. The second-order valence-electron chi connectivity index (χ2n) is 5.07. The Labute approximate surface area is 134 Å². The molecule has 0 fully saturated rings. The van der Waals surface area contributed by atoms with Crippen LogP contribution in [0.4, 0.5) is 0 Å². The number of hydrogen-bond acceptors (Lipinski definition) is 7. The molecule has 0 aromatic carbocycles. The highest BCUT2D eigenvalue weighted by Crippen LogP contribution is 2.32. The Balaban J connectivity index is 1.92. The van der Waals surface area contributed by atoms with Gasteiger partial charge in [-0.1, -0.05) is 30.3 Å². The van der Waals surface area contributed by atoms with Crippen LogP contribution in [0.3, 0.4) is 0 Å². The first-order valence-electron chi connectivity index (χ1n) is 7.60. The smallest absolute Gasteiger partial charge is 0.239 e. The molecule has 0 N–H and O–H groups in total. The van der Waals surface area contributed by atoms with Gasteiger partial charge < -0.3 is 13.8 Å². The van der Waals surface area contributed by atoms with Crippen LogP contribution in [0.15, 0.2) is 16.0 Å². The maximum absolute atomic E-state index is 5.35. The van der Waals surface area contributed by atoms with Crippen LogP contribution >= 0.6 is 11.8 Å². The number of rotatable bonds is 10. The van der Waals surface area contributed by atoms with Crippen LogP contribution in [0.25, 0.3) is 0 Å². The van der Waals surface area contributed by atoms with Gasteiger partial charge in [0.05, 0.1) is 5.25 Å². The number of methoxy groups -OCH3 is 1. The molecule has 0 aliphatic heterocycles. The van der Waals surface area contributed by atoms with Crippen LogP contribution in [0.1, 0.15) is 50.1 Å². The average Bonchev–Trinajstić information content (AvgIpc) is 3.15. The minimum Gasteiger partial charge on any atom is -0.385 e. The van der Waals surface area contributed by atoms with E-state index in [2.05, 4.69) is 27.3 Å². The normalized spacial score (nSPS) is 12.7. The summed E-state index contributed by atoms with van der Waals surface area (Å²) in [6, 6.07) is 0. The Hall–Kier alpha value is -1.41. The molecule has 2 rings (SSSR count). The first-order valence-corrected chi connectivity index (χ1v) is 8.48. The molecule has 2 aromatic rings. The summed E-state index contributed by atoms with van der Waals surface area (Å²) in [5, 5.41) is 13.1. The predicted octanol–water partition coefficient (Wildman–Crippen LogP) is 2.89. The molecule has 0 aliphatic carbocycles. The summed E-state index contributed by atoms with van der Waals surface area (Å²) in [6.45, 7) is 5.75. The van der Waals surface area contributed by atoms with E-state index in [1.165, 1.54) is 0 Å². The first-order chi connectivity index (χ1) is 10.7. The lowest BCUT2D eigenvalue weighted by Crippen LogP contribution is -2.03. The van der Waals surface area contributed by atoms with E-state index in [0.717, 1.165) is 49.8 Å². The summed E-state index contributed by atoms with van der Waals surface area (Å²) in [7, 11) is 1.70. The van der Waals surface area contributed by atoms with Crippen molar-refractivity contribution in [2.75, 3.05) is 13.7 Å². The minimum absolute atomic E-state index is 0.0493. The molecule has 0 saturated carbocycles. The topological polar surface area (TPSA) is 78.9 Å². The predicted molar refractivity (Wildman–Crippen MR) is 83.7 cm³/mol. The average molecular weight is 325 g/mol. The summed E-state index contributed by atoms with van der Waals surface area (Å²) in [5.41, 5.74) is 0. The van der Waals surface area contributed by atoms with Gasteiger partial charge in [0.2, 0.25) is 5.89 Å². The van der Waals surface area contributed by atoms with E-state index in [4.69, 9.17) is 9.26 Å². The fourth-order valence-electron chi connectivity index (χ4n) is 1.95. The van der Waals surface area contributed by atoms with Crippen molar-refractivity contribution in [2.24, 2.45) is 0 Å². The molecule has 2 aromatic heterocycles. The van der Waals surface area contributed by atoms with E-state index >= 15 is 0 Å². The number of unbranched alkanes of at least 4 members (excludes halogenated alkanes) is 1. The lowest BCUT2D eigenvalue weighted by atomic mass is 10.2. The van der Waals surface area contributed by atoms with Crippen LogP contribution in [0.5, 0.6) is 0 Å². The van der Waals surface area contributed by atoms with Gasteiger partial charge in [-0.2, -0.15) is 4.98 Å². The van der Waals surface area contributed by atoms with Gasteiger partial charge in [-0.25, -0.2) is 0 Å². The van der Waals surface area contributed by atoms with Gasteiger partial charge in [-0.05, 0) is 19.8 Å². The molecule has 1 atom stereocenters. The third kappa shape index (κ3) is 4.81. The van der Waals surface area contributed by atoms with Gasteiger partial charge in [0.15, 0.2) is 11.0 Å². The molecular formula is C14H23N5O2S. The number of aromatic nitrogens is 5. The van der Waals surface area contributed by atoms with Crippen molar-refractivity contribution < 1.29 is 9.26 Å². The van der Waals surface area contributed by atoms with Crippen molar-refractivity contribution in [1.29, 1.82) is 0 Å². The number of nitrogens with zero attached hydrogens (tertiary/aromatic N) is 5. The molecule has 7 nitrogen and oxygen atoms in total. The van der Waals surface area contributed by atoms with E-state index in [9.17, 15) is 0 Å². The number of thioether (sulfide) groups is 1. The first kappa shape index (κ1) is 17.0. The van der Waals surface area contributed by atoms with Crippen LogP contribution < -0.4 is 0 Å². The summed E-state index contributed by atoms with van der Waals surface area (Å²) < 4.78 is 12.4. The standard InChI is InChI=1S/C14H23N5O2S/c1-4-5-7-12-16-13(21-18-12)11(2)22-14-17-15-10-19(14)8-6-9-20-3/h10-11H,4-9H2,1-3H3. The van der Waals surface area contributed by atoms with E-state index in [1.54, 1.807) is 25.2 Å². The third-order valence-electron chi connectivity index (χ3n) is 3.20. The van der Waals surface area contributed by atoms with Gasteiger partial charge in [-0.15, -0.1) is 10.2 Å². The quantitative estimate of drug-likeness (QED) is 0.491. The van der Waals surface area contributed by atoms with Gasteiger partial charge in [-0.3, -0.25) is 0 Å². The van der Waals surface area contributed by atoms with Gasteiger partial charge in [0.25, 0.3) is 0 Å². The summed E-state index contributed by atoms with van der Waals surface area (Å²) in [6.07, 6.45) is 5.74. The van der Waals surface area contributed by atoms with Crippen LogP contribution in [-0.4, -0.2) is 38.6 Å². The van der Waals surface area contributed by atoms with E-state index in [-0.39, 0.29) is 5.25 Å². The Morgan fingerprint density at radius 3 is 3.05 bits per heavy atom. The summed E-state index contributed by atoms with van der Waals surface area (Å²) >= 11 is 1.58. The SMILES string of the molecule is CCCCc1noc(C(C)Sc2nncn2CCCOC)n1. The van der Waals surface area contributed by atoms with E-state index in [1.807, 2.05) is 11.5 Å². The highest BCUT2D eigenvalue weighted by Gasteiger charge is 2.18. The third-order valence-corrected chi connectivity index (χ3v) is 4.28. The Morgan fingerprint density at radius 1 is 1.41 bits per heavy atom. The highest BCUT2D eigenvalue weighted by atomic mass is 32.2. The number of ether oxygens (including phenoxy) is 1.